The fraction of sp³-hybridized carbons (Fsp3) is 0.647. The van der Waals surface area contributed by atoms with Gasteiger partial charge in [-0.25, -0.2) is 0 Å². The van der Waals surface area contributed by atoms with E-state index in [0.717, 1.165) is 32.0 Å². The van der Waals surface area contributed by atoms with Crippen LogP contribution in [0.2, 0.25) is 0 Å². The Morgan fingerprint density at radius 3 is 2.45 bits per heavy atom. The fourth-order valence-corrected chi connectivity index (χ4v) is 2.31. The summed E-state index contributed by atoms with van der Waals surface area (Å²) >= 11 is 0. The first-order valence-electron chi connectivity index (χ1n) is 7.77. The van der Waals surface area contributed by atoms with Crippen LogP contribution in [-0.2, 0) is 9.47 Å². The quantitative estimate of drug-likeness (QED) is 0.751. The minimum atomic E-state index is 0.500. The van der Waals surface area contributed by atoms with Crippen molar-refractivity contribution in [2.45, 2.75) is 39.5 Å². The Balaban J connectivity index is 0.000000151. The summed E-state index contributed by atoms with van der Waals surface area (Å²) < 4.78 is 15.7. The molecule has 0 aromatic heterocycles. The summed E-state index contributed by atoms with van der Waals surface area (Å²) in [4.78, 5) is 0. The lowest BCUT2D eigenvalue weighted by atomic mass is 10.1. The molecule has 112 valence electrons. The Morgan fingerprint density at radius 1 is 1.15 bits per heavy atom. The monoisotopic (exact) mass is 278 g/mol. The highest BCUT2D eigenvalue weighted by Crippen LogP contribution is 2.23. The molecule has 0 amide bonds. The smallest absolute Gasteiger partial charge is 0.146 e. The summed E-state index contributed by atoms with van der Waals surface area (Å²) in [6.45, 7) is 7.52. The van der Waals surface area contributed by atoms with Gasteiger partial charge in [0.1, 0.15) is 12.5 Å². The van der Waals surface area contributed by atoms with Gasteiger partial charge in [0.2, 0.25) is 0 Å². The molecule has 20 heavy (non-hydrogen) atoms. The van der Waals surface area contributed by atoms with E-state index in [1.54, 1.807) is 0 Å². The zero-order valence-corrected chi connectivity index (χ0v) is 12.7. The Morgan fingerprint density at radius 2 is 1.95 bits per heavy atom. The van der Waals surface area contributed by atoms with Crippen LogP contribution in [0.3, 0.4) is 0 Å². The Hall–Kier alpha value is -1.06. The highest BCUT2D eigenvalue weighted by Gasteiger charge is 2.12. The average molecular weight is 278 g/mol. The summed E-state index contributed by atoms with van der Waals surface area (Å²) in [6.07, 6.45) is 4.83. The van der Waals surface area contributed by atoms with Crippen molar-refractivity contribution in [3.8, 4) is 5.75 Å². The van der Waals surface area contributed by atoms with E-state index in [1.165, 1.54) is 29.7 Å². The number of rotatable bonds is 6. The van der Waals surface area contributed by atoms with Crippen molar-refractivity contribution in [2.24, 2.45) is 5.92 Å². The van der Waals surface area contributed by atoms with Gasteiger partial charge in [-0.15, -0.1) is 0 Å². The Bertz CT molecular complexity index is 475. The molecule has 0 bridgehead atoms. The third-order valence-corrected chi connectivity index (χ3v) is 3.62. The van der Waals surface area contributed by atoms with Crippen molar-refractivity contribution in [3.05, 3.63) is 28.6 Å². The molecule has 0 spiro atoms. The molecule has 0 N–H and O–H groups in total. The molecular weight excluding hydrogens is 252 g/mol. The molecule has 2 aliphatic carbocycles. The van der Waals surface area contributed by atoms with Crippen molar-refractivity contribution >= 4 is 0 Å². The molecule has 0 radical (unpaired) electrons. The molecule has 1 fully saturated rings. The first-order chi connectivity index (χ1) is 9.85. The van der Waals surface area contributed by atoms with Gasteiger partial charge in [-0.05, 0) is 24.1 Å². The fourth-order valence-electron chi connectivity index (χ4n) is 2.31. The predicted octanol–water partition coefficient (Wildman–Crippen LogP) is 3.87. The van der Waals surface area contributed by atoms with Crippen molar-refractivity contribution in [3.63, 3.8) is 0 Å². The van der Waals surface area contributed by atoms with Gasteiger partial charge in [0.15, 0.2) is 0 Å². The molecule has 0 unspecified atom stereocenters. The summed E-state index contributed by atoms with van der Waals surface area (Å²) in [5.74, 6) is 1.75. The Kier molecular flexibility index (Phi) is 6.34. The normalized spacial score (nSPS) is 16.3. The van der Waals surface area contributed by atoms with E-state index in [2.05, 4.69) is 32.0 Å². The summed E-state index contributed by atoms with van der Waals surface area (Å²) in [5.41, 5.74) is 0. The molecule has 3 rings (SSSR count). The second-order valence-electron chi connectivity index (χ2n) is 5.43. The van der Waals surface area contributed by atoms with E-state index in [-0.39, 0.29) is 0 Å². The molecule has 3 heteroatoms. The van der Waals surface area contributed by atoms with Gasteiger partial charge in [0.25, 0.3) is 0 Å². The molecule has 0 aromatic rings. The Labute approximate surface area is 121 Å². The first kappa shape index (κ1) is 15.3. The third-order valence-electron chi connectivity index (χ3n) is 3.62. The lowest BCUT2D eigenvalue weighted by Gasteiger charge is -2.21. The minimum absolute atomic E-state index is 0.500. The second kappa shape index (κ2) is 8.28. The van der Waals surface area contributed by atoms with Gasteiger partial charge in [-0.2, -0.15) is 0 Å². The van der Waals surface area contributed by atoms with Crippen LogP contribution in [0.25, 0.3) is 0 Å². The van der Waals surface area contributed by atoms with Crippen LogP contribution in [0.1, 0.15) is 39.5 Å². The third kappa shape index (κ3) is 4.22. The van der Waals surface area contributed by atoms with Crippen LogP contribution < -0.4 is 4.74 Å². The molecule has 1 saturated heterocycles. The van der Waals surface area contributed by atoms with Crippen LogP contribution in [-0.4, -0.2) is 26.6 Å². The lowest BCUT2D eigenvalue weighted by molar-refractivity contribution is -0.127. The van der Waals surface area contributed by atoms with Crippen LogP contribution >= 0.6 is 0 Å². The SMILES string of the molecule is CCCC1COCOC1.CCCCOc1cc2ccc1=2. The maximum atomic E-state index is 5.50. The summed E-state index contributed by atoms with van der Waals surface area (Å²) in [7, 11) is 0. The second-order valence-corrected chi connectivity index (χ2v) is 5.43. The van der Waals surface area contributed by atoms with E-state index in [9.17, 15) is 0 Å². The highest BCUT2D eigenvalue weighted by molar-refractivity contribution is 5.38. The number of unbranched alkanes of at least 4 members (excludes halogenated alkanes) is 1. The average Bonchev–Trinajstić information content (AvgIpc) is 2.46. The summed E-state index contributed by atoms with van der Waals surface area (Å²) in [6, 6.07) is 6.32. The van der Waals surface area contributed by atoms with Crippen molar-refractivity contribution in [1.82, 2.24) is 0 Å². The molecule has 1 aliphatic heterocycles. The van der Waals surface area contributed by atoms with Crippen molar-refractivity contribution < 1.29 is 14.2 Å². The zero-order valence-electron chi connectivity index (χ0n) is 12.7. The lowest BCUT2D eigenvalue weighted by Crippen LogP contribution is -2.23. The molecule has 0 saturated carbocycles. The molecule has 1 heterocycles. The van der Waals surface area contributed by atoms with Gasteiger partial charge in [0.05, 0.1) is 19.8 Å². The highest BCUT2D eigenvalue weighted by atomic mass is 16.7. The maximum Gasteiger partial charge on any atom is 0.146 e. The van der Waals surface area contributed by atoms with E-state index in [4.69, 9.17) is 14.2 Å². The van der Waals surface area contributed by atoms with Gasteiger partial charge >= 0.3 is 0 Å². The summed E-state index contributed by atoms with van der Waals surface area (Å²) in [5, 5.41) is 2.68. The molecule has 3 aliphatic rings. The van der Waals surface area contributed by atoms with Crippen LogP contribution in [0.5, 0.6) is 5.75 Å². The van der Waals surface area contributed by atoms with Gasteiger partial charge < -0.3 is 14.2 Å². The molecule has 0 aromatic carbocycles. The zero-order chi connectivity index (χ0) is 14.2. The van der Waals surface area contributed by atoms with Gasteiger partial charge in [-0.1, -0.05) is 38.8 Å². The number of benzene rings is 1. The predicted molar refractivity (Wildman–Crippen MR) is 79.7 cm³/mol. The van der Waals surface area contributed by atoms with E-state index < -0.39 is 0 Å². The van der Waals surface area contributed by atoms with Gasteiger partial charge in [-0.3, -0.25) is 0 Å². The maximum absolute atomic E-state index is 5.50. The van der Waals surface area contributed by atoms with Crippen molar-refractivity contribution in [2.75, 3.05) is 26.6 Å². The van der Waals surface area contributed by atoms with Crippen LogP contribution in [0.4, 0.5) is 0 Å². The van der Waals surface area contributed by atoms with Gasteiger partial charge in [0, 0.05) is 11.1 Å². The van der Waals surface area contributed by atoms with E-state index in [1.807, 2.05) is 0 Å². The number of hydrogen-bond donors (Lipinski definition) is 0. The molecular formula is C17H26O3. The van der Waals surface area contributed by atoms with E-state index in [0.29, 0.717) is 12.7 Å². The largest absolute Gasteiger partial charge is 0.493 e. The minimum Gasteiger partial charge on any atom is -0.493 e. The topological polar surface area (TPSA) is 27.7 Å². The molecule has 0 atom stereocenters. The van der Waals surface area contributed by atoms with Crippen molar-refractivity contribution in [1.29, 1.82) is 0 Å². The van der Waals surface area contributed by atoms with Crippen LogP contribution in [0, 0.1) is 16.4 Å². The standard InChI is InChI=1S/C10H12O.C7H14O2/c1-2-3-6-11-10-7-8-4-5-9(8)10;1-2-3-7-4-8-6-9-5-7/h4-5,7H,2-3,6H2,1H3;7H,2-6H2,1H3. The van der Waals surface area contributed by atoms with Crippen LogP contribution in [0.15, 0.2) is 18.2 Å². The number of hydrogen-bond acceptors (Lipinski definition) is 3. The first-order valence-corrected chi connectivity index (χ1v) is 7.77. The number of ether oxygens (including phenoxy) is 3. The van der Waals surface area contributed by atoms with E-state index >= 15 is 0 Å². The molecule has 3 nitrogen and oxygen atoms in total.